The highest BCUT2D eigenvalue weighted by molar-refractivity contribution is 5.82. The molecule has 1 fully saturated rings. The molecule has 1 aliphatic rings. The van der Waals surface area contributed by atoms with Gasteiger partial charge in [-0.3, -0.25) is 4.79 Å². The summed E-state index contributed by atoms with van der Waals surface area (Å²) in [6, 6.07) is 4.29. The fraction of sp³-hybridized carbons (Fsp3) is 0.400. The summed E-state index contributed by atoms with van der Waals surface area (Å²) in [5.74, 6) is 0.795. The number of methoxy groups -OCH3 is 1. The van der Waals surface area contributed by atoms with E-state index in [0.29, 0.717) is 43.4 Å². The van der Waals surface area contributed by atoms with Crippen LogP contribution in [0, 0.1) is 0 Å². The summed E-state index contributed by atoms with van der Waals surface area (Å²) in [5, 5.41) is 3.66. The third-order valence-electron chi connectivity index (χ3n) is 3.29. The SMILES string of the molecule is COc1cc(/C=N\NC(N)=O)ccc1OCC(=O)N1CCOCC1. The van der Waals surface area contributed by atoms with Crippen molar-refractivity contribution in [2.45, 2.75) is 0 Å². The molecular weight excluding hydrogens is 316 g/mol. The number of morpholine rings is 1. The molecule has 24 heavy (non-hydrogen) atoms. The number of nitrogens with two attached hydrogens (primary N) is 1. The average Bonchev–Trinajstić information content (AvgIpc) is 2.60. The van der Waals surface area contributed by atoms with E-state index in [4.69, 9.17) is 19.9 Å². The van der Waals surface area contributed by atoms with Crippen LogP contribution in [-0.4, -0.2) is 63.1 Å². The first-order chi connectivity index (χ1) is 11.6. The maximum absolute atomic E-state index is 12.1. The minimum absolute atomic E-state index is 0.0764. The monoisotopic (exact) mass is 336 g/mol. The molecule has 0 aromatic heterocycles. The fourth-order valence-electron chi connectivity index (χ4n) is 2.10. The van der Waals surface area contributed by atoms with Gasteiger partial charge in [-0.15, -0.1) is 0 Å². The Labute approximate surface area is 139 Å². The number of hydrogen-bond donors (Lipinski definition) is 2. The third-order valence-corrected chi connectivity index (χ3v) is 3.29. The number of primary amides is 1. The highest BCUT2D eigenvalue weighted by Gasteiger charge is 2.17. The molecule has 1 heterocycles. The molecule has 130 valence electrons. The molecule has 1 aromatic rings. The van der Waals surface area contributed by atoms with Gasteiger partial charge in [0.2, 0.25) is 0 Å². The molecule has 0 aliphatic carbocycles. The van der Waals surface area contributed by atoms with E-state index in [-0.39, 0.29) is 12.5 Å². The van der Waals surface area contributed by atoms with Crippen molar-refractivity contribution in [3.8, 4) is 11.5 Å². The zero-order valence-electron chi connectivity index (χ0n) is 13.4. The Balaban J connectivity index is 1.95. The van der Waals surface area contributed by atoms with Crippen LogP contribution >= 0.6 is 0 Å². The van der Waals surface area contributed by atoms with Crippen molar-refractivity contribution >= 4 is 18.2 Å². The van der Waals surface area contributed by atoms with Crippen LogP contribution in [0.3, 0.4) is 0 Å². The Bertz CT molecular complexity index is 614. The van der Waals surface area contributed by atoms with Gasteiger partial charge < -0.3 is 24.8 Å². The quantitative estimate of drug-likeness (QED) is 0.557. The second-order valence-corrected chi connectivity index (χ2v) is 4.93. The largest absolute Gasteiger partial charge is 0.493 e. The Hall–Kier alpha value is -2.81. The molecule has 1 saturated heterocycles. The van der Waals surface area contributed by atoms with Crippen molar-refractivity contribution in [1.82, 2.24) is 10.3 Å². The summed E-state index contributed by atoms with van der Waals surface area (Å²) >= 11 is 0. The van der Waals surface area contributed by atoms with Gasteiger partial charge in [-0.25, -0.2) is 10.2 Å². The summed E-state index contributed by atoms with van der Waals surface area (Å²) in [7, 11) is 1.49. The number of rotatable bonds is 6. The van der Waals surface area contributed by atoms with Gasteiger partial charge >= 0.3 is 6.03 Å². The lowest BCUT2D eigenvalue weighted by Gasteiger charge is -2.26. The predicted molar refractivity (Wildman–Crippen MR) is 86.2 cm³/mol. The highest BCUT2D eigenvalue weighted by atomic mass is 16.5. The van der Waals surface area contributed by atoms with Crippen LogP contribution in [0.4, 0.5) is 4.79 Å². The smallest absolute Gasteiger partial charge is 0.332 e. The van der Waals surface area contributed by atoms with E-state index in [1.165, 1.54) is 13.3 Å². The Morgan fingerprint density at radius 2 is 2.12 bits per heavy atom. The van der Waals surface area contributed by atoms with E-state index < -0.39 is 6.03 Å². The predicted octanol–water partition coefficient (Wildman–Crippen LogP) is -0.0650. The summed E-state index contributed by atoms with van der Waals surface area (Å²) in [5.41, 5.74) is 7.69. The van der Waals surface area contributed by atoms with E-state index in [9.17, 15) is 9.59 Å². The number of nitrogens with one attached hydrogen (secondary N) is 1. The number of urea groups is 1. The Kier molecular flexibility index (Phi) is 6.38. The molecular formula is C15H20N4O5. The zero-order chi connectivity index (χ0) is 17.4. The lowest BCUT2D eigenvalue weighted by molar-refractivity contribution is -0.137. The molecule has 2 rings (SSSR count). The number of nitrogens with zero attached hydrogens (tertiary/aromatic N) is 2. The number of hydrogen-bond acceptors (Lipinski definition) is 6. The van der Waals surface area contributed by atoms with Gasteiger partial charge in [-0.2, -0.15) is 5.10 Å². The van der Waals surface area contributed by atoms with E-state index >= 15 is 0 Å². The second kappa shape index (κ2) is 8.73. The van der Waals surface area contributed by atoms with E-state index in [1.54, 1.807) is 23.1 Å². The zero-order valence-corrected chi connectivity index (χ0v) is 13.4. The number of hydrazone groups is 1. The highest BCUT2D eigenvalue weighted by Crippen LogP contribution is 2.27. The molecule has 9 heteroatoms. The molecule has 1 aromatic carbocycles. The molecule has 0 bridgehead atoms. The standard InChI is InChI=1S/C15H20N4O5/c1-22-13-8-11(9-17-18-15(16)21)2-3-12(13)24-10-14(20)19-4-6-23-7-5-19/h2-3,8-9H,4-7,10H2,1H3,(H3,16,18,21)/b17-9-. The summed E-state index contributed by atoms with van der Waals surface area (Å²) in [4.78, 5) is 24.3. The van der Waals surface area contributed by atoms with Gasteiger partial charge in [0, 0.05) is 13.1 Å². The molecule has 3 amide bonds. The van der Waals surface area contributed by atoms with Crippen LogP contribution in [-0.2, 0) is 9.53 Å². The topological polar surface area (TPSA) is 115 Å². The molecule has 0 radical (unpaired) electrons. The molecule has 0 saturated carbocycles. The minimum Gasteiger partial charge on any atom is -0.493 e. The average molecular weight is 336 g/mol. The van der Waals surface area contributed by atoms with Crippen LogP contribution in [0.2, 0.25) is 0 Å². The molecule has 0 unspecified atom stereocenters. The summed E-state index contributed by atoms with van der Waals surface area (Å²) in [6.07, 6.45) is 1.41. The summed E-state index contributed by atoms with van der Waals surface area (Å²) in [6.45, 7) is 2.15. The van der Waals surface area contributed by atoms with Crippen LogP contribution in [0.15, 0.2) is 23.3 Å². The first-order valence-corrected chi connectivity index (χ1v) is 7.35. The van der Waals surface area contributed by atoms with Gasteiger partial charge in [0.15, 0.2) is 18.1 Å². The van der Waals surface area contributed by atoms with Crippen LogP contribution in [0.25, 0.3) is 0 Å². The van der Waals surface area contributed by atoms with Crippen molar-refractivity contribution in [2.24, 2.45) is 10.8 Å². The number of ether oxygens (including phenoxy) is 3. The Morgan fingerprint density at radius 3 is 2.79 bits per heavy atom. The first kappa shape index (κ1) is 17.5. The van der Waals surface area contributed by atoms with Crippen LogP contribution in [0.5, 0.6) is 11.5 Å². The van der Waals surface area contributed by atoms with Gasteiger partial charge in [-0.1, -0.05) is 0 Å². The Morgan fingerprint density at radius 1 is 1.38 bits per heavy atom. The molecule has 0 spiro atoms. The van der Waals surface area contributed by atoms with E-state index in [1.807, 2.05) is 0 Å². The first-order valence-electron chi connectivity index (χ1n) is 7.35. The number of carbonyl (C=O) groups excluding carboxylic acids is 2. The van der Waals surface area contributed by atoms with Crippen molar-refractivity contribution in [3.63, 3.8) is 0 Å². The normalized spacial score (nSPS) is 14.5. The lowest BCUT2D eigenvalue weighted by Crippen LogP contribution is -2.43. The number of carbonyl (C=O) groups is 2. The van der Waals surface area contributed by atoms with Crippen LogP contribution < -0.4 is 20.6 Å². The second-order valence-electron chi connectivity index (χ2n) is 4.93. The number of amides is 3. The molecule has 0 atom stereocenters. The van der Waals surface area contributed by atoms with Gasteiger partial charge in [0.25, 0.3) is 5.91 Å². The van der Waals surface area contributed by atoms with Gasteiger partial charge in [0.05, 0.1) is 26.5 Å². The summed E-state index contributed by atoms with van der Waals surface area (Å²) < 4.78 is 16.0. The molecule has 1 aliphatic heterocycles. The molecule has 3 N–H and O–H groups in total. The molecule has 9 nitrogen and oxygen atoms in total. The number of benzene rings is 1. The fourth-order valence-corrected chi connectivity index (χ4v) is 2.10. The van der Waals surface area contributed by atoms with E-state index in [0.717, 1.165) is 0 Å². The van der Waals surface area contributed by atoms with Crippen molar-refractivity contribution < 1.29 is 23.8 Å². The van der Waals surface area contributed by atoms with Gasteiger partial charge in [-0.05, 0) is 23.8 Å². The maximum atomic E-state index is 12.1. The van der Waals surface area contributed by atoms with Crippen molar-refractivity contribution in [3.05, 3.63) is 23.8 Å². The van der Waals surface area contributed by atoms with Crippen molar-refractivity contribution in [2.75, 3.05) is 40.0 Å². The lowest BCUT2D eigenvalue weighted by atomic mass is 10.2. The van der Waals surface area contributed by atoms with Crippen molar-refractivity contribution in [1.29, 1.82) is 0 Å². The van der Waals surface area contributed by atoms with Crippen LogP contribution in [0.1, 0.15) is 5.56 Å². The van der Waals surface area contributed by atoms with E-state index in [2.05, 4.69) is 10.5 Å². The third kappa shape index (κ3) is 5.13. The minimum atomic E-state index is -0.750. The maximum Gasteiger partial charge on any atom is 0.332 e. The van der Waals surface area contributed by atoms with Gasteiger partial charge in [0.1, 0.15) is 0 Å².